The average Bonchev–Trinajstić information content (AvgIpc) is 3.23. The van der Waals surface area contributed by atoms with E-state index in [9.17, 15) is 9.59 Å². The topological polar surface area (TPSA) is 52.0 Å². The van der Waals surface area contributed by atoms with Gasteiger partial charge in [0.15, 0.2) is 5.78 Å². The van der Waals surface area contributed by atoms with Crippen LogP contribution in [0.2, 0.25) is 0 Å². The molecule has 3 aromatic rings. The zero-order chi connectivity index (χ0) is 16.7. The minimum absolute atomic E-state index is 0.0395. The Morgan fingerprint density at radius 2 is 2.08 bits per heavy atom. The molecule has 1 aliphatic carbocycles. The van der Waals surface area contributed by atoms with Gasteiger partial charge in [-0.25, -0.2) is 4.98 Å². The quantitative estimate of drug-likeness (QED) is 0.685. The van der Waals surface area contributed by atoms with Gasteiger partial charge >= 0.3 is 0 Å². The molecule has 0 fully saturated rings. The number of thiophene rings is 1. The van der Waals surface area contributed by atoms with E-state index < -0.39 is 0 Å². The number of nitrogens with zero attached hydrogens (tertiary/aromatic N) is 2. The molecule has 4 nitrogen and oxygen atoms in total. The molecule has 0 atom stereocenters. The maximum Gasteiger partial charge on any atom is 0.262 e. The minimum Gasteiger partial charge on any atom is -0.292 e. The second-order valence-electron chi connectivity index (χ2n) is 6.22. The first-order chi connectivity index (χ1) is 11.7. The number of ketones is 1. The van der Waals surface area contributed by atoms with Crippen LogP contribution in [0.5, 0.6) is 0 Å². The van der Waals surface area contributed by atoms with Crippen molar-refractivity contribution in [3.05, 3.63) is 62.5 Å². The van der Waals surface area contributed by atoms with Crippen LogP contribution in [0, 0.1) is 0 Å². The first-order valence-electron chi connectivity index (χ1n) is 8.28. The molecule has 0 saturated heterocycles. The van der Waals surface area contributed by atoms with Crippen molar-refractivity contribution in [2.45, 2.75) is 39.2 Å². The number of carbonyl (C=O) groups is 1. The van der Waals surface area contributed by atoms with Gasteiger partial charge in [0.05, 0.1) is 18.3 Å². The highest BCUT2D eigenvalue weighted by Crippen LogP contribution is 2.23. The molecule has 0 saturated carbocycles. The summed E-state index contributed by atoms with van der Waals surface area (Å²) in [5.74, 6) is -0.0427. The number of aryl methyl sites for hydroxylation is 3. The standard InChI is InChI=1S/C19H18N2O2S/c1-2-15-9-16-18(24-15)20-11-21(19(16)23)10-17(22)14-7-6-12-4-3-5-13(12)8-14/h6-9,11H,2-5,10H2,1H3. The summed E-state index contributed by atoms with van der Waals surface area (Å²) in [6, 6.07) is 7.81. The molecule has 0 spiro atoms. The molecule has 5 heteroatoms. The number of hydrogen-bond donors (Lipinski definition) is 0. The summed E-state index contributed by atoms with van der Waals surface area (Å²) >= 11 is 1.54. The van der Waals surface area contributed by atoms with Crippen molar-refractivity contribution in [3.8, 4) is 0 Å². The van der Waals surface area contributed by atoms with Crippen LogP contribution < -0.4 is 5.56 Å². The fourth-order valence-electron chi connectivity index (χ4n) is 3.29. The summed E-state index contributed by atoms with van der Waals surface area (Å²) in [4.78, 5) is 31.4. The molecule has 0 amide bonds. The zero-order valence-electron chi connectivity index (χ0n) is 13.5. The Kier molecular flexibility index (Phi) is 3.81. The van der Waals surface area contributed by atoms with Crippen LogP contribution in [0.25, 0.3) is 10.2 Å². The van der Waals surface area contributed by atoms with E-state index in [1.54, 1.807) is 0 Å². The van der Waals surface area contributed by atoms with E-state index in [2.05, 4.69) is 11.9 Å². The van der Waals surface area contributed by atoms with Gasteiger partial charge in [-0.2, -0.15) is 0 Å². The molecular formula is C19H18N2O2S. The number of benzene rings is 1. The van der Waals surface area contributed by atoms with E-state index in [0.717, 1.165) is 35.4 Å². The van der Waals surface area contributed by atoms with Crippen molar-refractivity contribution >= 4 is 27.3 Å². The summed E-state index contributed by atoms with van der Waals surface area (Å²) < 4.78 is 1.42. The number of hydrogen-bond acceptors (Lipinski definition) is 4. The van der Waals surface area contributed by atoms with Crippen molar-refractivity contribution in [3.63, 3.8) is 0 Å². The predicted octanol–water partition coefficient (Wildman–Crippen LogP) is 3.39. The van der Waals surface area contributed by atoms with Gasteiger partial charge in [0.2, 0.25) is 0 Å². The Morgan fingerprint density at radius 1 is 1.25 bits per heavy atom. The molecule has 2 heterocycles. The largest absolute Gasteiger partial charge is 0.292 e. The molecule has 0 bridgehead atoms. The molecule has 24 heavy (non-hydrogen) atoms. The summed E-state index contributed by atoms with van der Waals surface area (Å²) in [5, 5.41) is 0.612. The first-order valence-corrected chi connectivity index (χ1v) is 9.10. The van der Waals surface area contributed by atoms with Crippen LogP contribution in [-0.2, 0) is 25.8 Å². The van der Waals surface area contributed by atoms with Crippen LogP contribution in [0.4, 0.5) is 0 Å². The average molecular weight is 338 g/mol. The normalized spacial score (nSPS) is 13.4. The van der Waals surface area contributed by atoms with E-state index in [0.29, 0.717) is 10.9 Å². The third kappa shape index (κ3) is 2.59. The summed E-state index contributed by atoms with van der Waals surface area (Å²) in [5.41, 5.74) is 3.16. The van der Waals surface area contributed by atoms with Gasteiger partial charge in [-0.05, 0) is 48.9 Å². The number of aromatic nitrogens is 2. The molecule has 0 radical (unpaired) electrons. The molecule has 2 aromatic heterocycles. The summed E-state index contributed by atoms with van der Waals surface area (Å²) in [6.07, 6.45) is 5.67. The molecular weight excluding hydrogens is 320 g/mol. The van der Waals surface area contributed by atoms with E-state index in [-0.39, 0.29) is 17.9 Å². The van der Waals surface area contributed by atoms with Crippen molar-refractivity contribution in [1.29, 1.82) is 0 Å². The number of carbonyl (C=O) groups excluding carboxylic acids is 1. The van der Waals surface area contributed by atoms with Gasteiger partial charge in [-0.3, -0.25) is 14.2 Å². The van der Waals surface area contributed by atoms with Gasteiger partial charge in [0.1, 0.15) is 4.83 Å². The second kappa shape index (κ2) is 5.98. The Labute approximate surface area is 143 Å². The van der Waals surface area contributed by atoms with Crippen molar-refractivity contribution in [2.75, 3.05) is 0 Å². The fraction of sp³-hybridized carbons (Fsp3) is 0.316. The van der Waals surface area contributed by atoms with Crippen molar-refractivity contribution in [1.82, 2.24) is 9.55 Å². The predicted molar refractivity (Wildman–Crippen MR) is 96.1 cm³/mol. The highest BCUT2D eigenvalue weighted by molar-refractivity contribution is 7.18. The first kappa shape index (κ1) is 15.3. The van der Waals surface area contributed by atoms with Gasteiger partial charge < -0.3 is 0 Å². The van der Waals surface area contributed by atoms with E-state index in [1.807, 2.05) is 24.3 Å². The number of Topliss-reactive ketones (excluding diaryl/α,β-unsaturated/α-hetero) is 1. The van der Waals surface area contributed by atoms with Crippen molar-refractivity contribution in [2.24, 2.45) is 0 Å². The van der Waals surface area contributed by atoms with Crippen LogP contribution in [0.1, 0.15) is 39.7 Å². The lowest BCUT2D eigenvalue weighted by molar-refractivity contribution is 0.0970. The second-order valence-corrected chi connectivity index (χ2v) is 7.34. The lowest BCUT2D eigenvalue weighted by Gasteiger charge is -2.06. The van der Waals surface area contributed by atoms with Gasteiger partial charge in [0.25, 0.3) is 5.56 Å². The highest BCUT2D eigenvalue weighted by atomic mass is 32.1. The van der Waals surface area contributed by atoms with Crippen LogP contribution >= 0.6 is 11.3 Å². The SMILES string of the molecule is CCc1cc2c(=O)n(CC(=O)c3ccc4c(c3)CCC4)cnc2s1. The molecule has 1 aliphatic rings. The Morgan fingerprint density at radius 3 is 2.92 bits per heavy atom. The molecule has 0 aliphatic heterocycles. The Bertz CT molecular complexity index is 1000. The van der Waals surface area contributed by atoms with Gasteiger partial charge in [0, 0.05) is 10.4 Å². The maximum absolute atomic E-state index is 12.6. The fourth-order valence-corrected chi connectivity index (χ4v) is 4.21. The van der Waals surface area contributed by atoms with E-state index in [4.69, 9.17) is 0 Å². The Hall–Kier alpha value is -2.27. The highest BCUT2D eigenvalue weighted by Gasteiger charge is 2.16. The lowest BCUT2D eigenvalue weighted by Crippen LogP contribution is -2.24. The van der Waals surface area contributed by atoms with Gasteiger partial charge in [-0.1, -0.05) is 19.1 Å². The third-order valence-corrected chi connectivity index (χ3v) is 5.84. The third-order valence-electron chi connectivity index (χ3n) is 4.65. The molecule has 122 valence electrons. The molecule has 1 aromatic carbocycles. The Balaban J connectivity index is 1.65. The summed E-state index contributed by atoms with van der Waals surface area (Å²) in [6.45, 7) is 2.10. The van der Waals surface area contributed by atoms with Crippen LogP contribution in [-0.4, -0.2) is 15.3 Å². The van der Waals surface area contributed by atoms with Gasteiger partial charge in [-0.15, -0.1) is 11.3 Å². The van der Waals surface area contributed by atoms with E-state index >= 15 is 0 Å². The number of fused-ring (bicyclic) bond motifs is 2. The monoisotopic (exact) mass is 338 g/mol. The summed E-state index contributed by atoms with van der Waals surface area (Å²) in [7, 11) is 0. The van der Waals surface area contributed by atoms with Crippen LogP contribution in [0.3, 0.4) is 0 Å². The smallest absolute Gasteiger partial charge is 0.262 e. The molecule has 0 N–H and O–H groups in total. The zero-order valence-corrected chi connectivity index (χ0v) is 14.4. The van der Waals surface area contributed by atoms with E-state index in [1.165, 1.54) is 33.4 Å². The molecule has 0 unspecified atom stereocenters. The molecule has 4 rings (SSSR count). The van der Waals surface area contributed by atoms with Crippen molar-refractivity contribution < 1.29 is 4.79 Å². The number of rotatable bonds is 4. The lowest BCUT2D eigenvalue weighted by atomic mass is 10.0. The minimum atomic E-state index is -0.134. The van der Waals surface area contributed by atoms with Crippen LogP contribution in [0.15, 0.2) is 35.4 Å². The maximum atomic E-state index is 12.6.